The van der Waals surface area contributed by atoms with Crippen molar-refractivity contribution < 1.29 is 0 Å². The molecule has 1 aliphatic carbocycles. The van der Waals surface area contributed by atoms with Gasteiger partial charge in [-0.05, 0) is 72.9 Å². The fourth-order valence-corrected chi connectivity index (χ4v) is 8.47. The SMILES string of the molecule is C.C.CN(C)c1ccnc2sc3c(=O)n(-c4ccc(Br)cc4)cnc3c12.CN(C)c1ccnc2sc3c(=O)n(-c4ccc(C5CC5)cc4)cnc3c12. The Morgan fingerprint density at radius 3 is 1.46 bits per heavy atom. The molecule has 8 aromatic rings. The van der Waals surface area contributed by atoms with Gasteiger partial charge in [0.25, 0.3) is 11.1 Å². The van der Waals surface area contributed by atoms with Gasteiger partial charge in [-0.15, -0.1) is 22.7 Å². The van der Waals surface area contributed by atoms with E-state index < -0.39 is 0 Å². The van der Waals surface area contributed by atoms with Crippen molar-refractivity contribution in [3.63, 3.8) is 0 Å². The summed E-state index contributed by atoms with van der Waals surface area (Å²) < 4.78 is 5.44. The van der Waals surface area contributed by atoms with E-state index in [0.29, 0.717) is 20.8 Å². The molecule has 6 heterocycles. The van der Waals surface area contributed by atoms with Gasteiger partial charge in [0.15, 0.2) is 0 Å². The number of anilines is 2. The first-order valence-electron chi connectivity index (χ1n) is 16.0. The topological polar surface area (TPSA) is 102 Å². The van der Waals surface area contributed by atoms with E-state index in [1.165, 1.54) is 41.1 Å². The van der Waals surface area contributed by atoms with Gasteiger partial charge in [0.05, 0.1) is 44.6 Å². The van der Waals surface area contributed by atoms with Gasteiger partial charge in [-0.1, -0.05) is 42.9 Å². The molecule has 0 N–H and O–H groups in total. The fraction of sp³-hybridized carbons (Fsp3) is 0.231. The molecule has 52 heavy (non-hydrogen) atoms. The summed E-state index contributed by atoms with van der Waals surface area (Å²) in [6, 6.07) is 19.8. The molecular formula is C39H39BrN8O2S2. The van der Waals surface area contributed by atoms with Crippen LogP contribution in [0.3, 0.4) is 0 Å². The van der Waals surface area contributed by atoms with Crippen molar-refractivity contribution in [2.75, 3.05) is 38.0 Å². The zero-order valence-electron chi connectivity index (χ0n) is 27.7. The number of rotatable bonds is 5. The Balaban J connectivity index is 0.000000172. The number of pyridine rings is 2. The van der Waals surface area contributed by atoms with Crippen molar-refractivity contribution in [2.45, 2.75) is 33.6 Å². The minimum Gasteiger partial charge on any atom is -0.377 e. The van der Waals surface area contributed by atoms with Crippen LogP contribution in [0.15, 0.2) is 99.8 Å². The molecule has 10 nitrogen and oxygen atoms in total. The summed E-state index contributed by atoms with van der Waals surface area (Å²) in [6.07, 6.45) is 9.32. The molecule has 0 aliphatic heterocycles. The van der Waals surface area contributed by atoms with Crippen molar-refractivity contribution in [1.29, 1.82) is 0 Å². The minimum atomic E-state index is -0.0740. The van der Waals surface area contributed by atoms with E-state index in [1.54, 1.807) is 34.2 Å². The highest BCUT2D eigenvalue weighted by atomic mass is 79.9. The third-order valence-electron chi connectivity index (χ3n) is 8.81. The van der Waals surface area contributed by atoms with Gasteiger partial charge in [0, 0.05) is 45.1 Å². The maximum atomic E-state index is 13.1. The standard InChI is InChI=1S/C20H18N4OS.C17H13BrN4OS.2CH4/c1-23(2)15-9-10-21-19-16(15)17-18(26-19)20(25)24(11-22-17)14-7-5-13(6-8-14)12-3-4-12;1-21(2)12-7-8-19-16-13(12)14-15(24-16)17(23)22(9-20-14)11-5-3-10(18)4-6-11;;/h5-12H,3-4H2,1-2H3;3-9H,1-2H3;2*1H4. The Hall–Kier alpha value is -4.98. The van der Waals surface area contributed by atoms with Gasteiger partial charge in [-0.2, -0.15) is 0 Å². The second-order valence-corrected chi connectivity index (χ2v) is 15.5. The largest absolute Gasteiger partial charge is 0.377 e. The van der Waals surface area contributed by atoms with Crippen LogP contribution in [0, 0.1) is 0 Å². The fourth-order valence-electron chi connectivity index (χ4n) is 6.11. The van der Waals surface area contributed by atoms with Crippen molar-refractivity contribution in [1.82, 2.24) is 29.1 Å². The molecule has 13 heteroatoms. The summed E-state index contributed by atoms with van der Waals surface area (Å²) in [6.45, 7) is 0. The summed E-state index contributed by atoms with van der Waals surface area (Å²) in [5.74, 6) is 0.708. The molecule has 1 fully saturated rings. The molecule has 0 amide bonds. The average Bonchev–Trinajstić information content (AvgIpc) is 3.79. The van der Waals surface area contributed by atoms with Crippen molar-refractivity contribution in [2.24, 2.45) is 0 Å². The number of hydrogen-bond donors (Lipinski definition) is 0. The maximum absolute atomic E-state index is 13.1. The van der Waals surface area contributed by atoms with Gasteiger partial charge in [-0.3, -0.25) is 18.7 Å². The summed E-state index contributed by atoms with van der Waals surface area (Å²) in [7, 11) is 7.92. The number of aromatic nitrogens is 6. The highest BCUT2D eigenvalue weighted by molar-refractivity contribution is 9.10. The van der Waals surface area contributed by atoms with Crippen molar-refractivity contribution in [3.05, 3.63) is 116 Å². The minimum absolute atomic E-state index is 0. The Kier molecular flexibility index (Phi) is 10.3. The van der Waals surface area contributed by atoms with Crippen LogP contribution in [-0.2, 0) is 0 Å². The molecule has 0 unspecified atom stereocenters. The van der Waals surface area contributed by atoms with Gasteiger partial charge in [-0.25, -0.2) is 19.9 Å². The van der Waals surface area contributed by atoms with Crippen LogP contribution in [0.25, 0.3) is 52.2 Å². The van der Waals surface area contributed by atoms with Crippen molar-refractivity contribution >= 4 is 90.8 Å². The van der Waals surface area contributed by atoms with E-state index >= 15 is 0 Å². The predicted molar refractivity (Wildman–Crippen MR) is 223 cm³/mol. The molecular weight excluding hydrogens is 757 g/mol. The zero-order chi connectivity index (χ0) is 34.7. The first-order chi connectivity index (χ1) is 24.2. The third kappa shape index (κ3) is 6.48. The summed E-state index contributed by atoms with van der Waals surface area (Å²) >= 11 is 6.21. The van der Waals surface area contributed by atoms with Crippen LogP contribution in [0.1, 0.15) is 39.2 Å². The van der Waals surface area contributed by atoms with E-state index in [0.717, 1.165) is 53.2 Å². The van der Waals surface area contributed by atoms with Crippen molar-refractivity contribution in [3.8, 4) is 11.4 Å². The van der Waals surface area contributed by atoms with Gasteiger partial charge < -0.3 is 9.80 Å². The number of halogens is 1. The van der Waals surface area contributed by atoms with Gasteiger partial charge in [0.1, 0.15) is 31.7 Å². The lowest BCUT2D eigenvalue weighted by Gasteiger charge is -2.13. The first kappa shape index (κ1) is 36.8. The van der Waals surface area contributed by atoms with Crippen LogP contribution in [0.4, 0.5) is 11.4 Å². The molecule has 6 aromatic heterocycles. The number of benzene rings is 2. The second-order valence-electron chi connectivity index (χ2n) is 12.6. The number of nitrogens with zero attached hydrogens (tertiary/aromatic N) is 8. The lowest BCUT2D eigenvalue weighted by atomic mass is 10.1. The van der Waals surface area contributed by atoms with Crippen LogP contribution < -0.4 is 20.9 Å². The lowest BCUT2D eigenvalue weighted by Crippen LogP contribution is -2.17. The predicted octanol–water partition coefficient (Wildman–Crippen LogP) is 9.03. The third-order valence-corrected chi connectivity index (χ3v) is 11.5. The van der Waals surface area contributed by atoms with E-state index in [-0.39, 0.29) is 26.0 Å². The Labute approximate surface area is 317 Å². The molecule has 0 radical (unpaired) electrons. The Morgan fingerprint density at radius 2 is 1.06 bits per heavy atom. The number of fused-ring (bicyclic) bond motifs is 6. The molecule has 0 atom stereocenters. The smallest absolute Gasteiger partial charge is 0.275 e. The van der Waals surface area contributed by atoms with Crippen LogP contribution >= 0.6 is 38.6 Å². The maximum Gasteiger partial charge on any atom is 0.275 e. The average molecular weight is 796 g/mol. The lowest BCUT2D eigenvalue weighted by molar-refractivity contribution is 0.964. The summed E-state index contributed by atoms with van der Waals surface area (Å²) in [4.78, 5) is 49.8. The number of thiophene rings is 2. The van der Waals surface area contributed by atoms with E-state index in [9.17, 15) is 9.59 Å². The molecule has 1 saturated carbocycles. The van der Waals surface area contributed by atoms with Gasteiger partial charge >= 0.3 is 0 Å². The molecule has 9 rings (SSSR count). The molecule has 266 valence electrons. The highest BCUT2D eigenvalue weighted by Crippen LogP contribution is 2.40. The Morgan fingerprint density at radius 1 is 0.635 bits per heavy atom. The molecule has 2 aromatic carbocycles. The molecule has 0 spiro atoms. The first-order valence-corrected chi connectivity index (χ1v) is 18.4. The molecule has 0 bridgehead atoms. The van der Waals surface area contributed by atoms with Crippen LogP contribution in [0.5, 0.6) is 0 Å². The Bertz CT molecular complexity index is 2680. The summed E-state index contributed by atoms with van der Waals surface area (Å²) in [5.41, 5.74) is 6.37. The quantitative estimate of drug-likeness (QED) is 0.170. The number of hydrogen-bond acceptors (Lipinski definition) is 10. The normalized spacial score (nSPS) is 12.3. The molecule has 0 saturated heterocycles. The van der Waals surface area contributed by atoms with E-state index in [4.69, 9.17) is 0 Å². The van der Waals surface area contributed by atoms with E-state index in [1.807, 2.05) is 86.5 Å². The van der Waals surface area contributed by atoms with Gasteiger partial charge in [0.2, 0.25) is 0 Å². The van der Waals surface area contributed by atoms with Crippen LogP contribution in [-0.4, -0.2) is 57.3 Å². The monoisotopic (exact) mass is 794 g/mol. The zero-order valence-corrected chi connectivity index (χ0v) is 30.9. The van der Waals surface area contributed by atoms with E-state index in [2.05, 4.69) is 48.0 Å². The van der Waals surface area contributed by atoms with Crippen LogP contribution in [0.2, 0.25) is 0 Å². The highest BCUT2D eigenvalue weighted by Gasteiger charge is 2.23. The summed E-state index contributed by atoms with van der Waals surface area (Å²) in [5, 5.41) is 1.88. The molecule has 1 aliphatic rings. The second kappa shape index (κ2) is 14.6.